The lowest BCUT2D eigenvalue weighted by Gasteiger charge is -2.33. The van der Waals surface area contributed by atoms with Crippen LogP contribution in [0.3, 0.4) is 0 Å². The van der Waals surface area contributed by atoms with Crippen molar-refractivity contribution in [3.05, 3.63) is 70.8 Å². The van der Waals surface area contributed by atoms with Crippen LogP contribution in [0, 0.1) is 13.8 Å². The maximum atomic E-state index is 6.28. The first-order valence-electron chi connectivity index (χ1n) is 8.19. The summed E-state index contributed by atoms with van der Waals surface area (Å²) in [5, 5.41) is 3.62. The van der Waals surface area contributed by atoms with Gasteiger partial charge in [-0.1, -0.05) is 59.7 Å². The molecule has 0 spiro atoms. The van der Waals surface area contributed by atoms with Gasteiger partial charge in [0.25, 0.3) is 0 Å². The largest absolute Gasteiger partial charge is 0.372 e. The van der Waals surface area contributed by atoms with Gasteiger partial charge in [0, 0.05) is 0 Å². The third kappa shape index (κ3) is 3.76. The van der Waals surface area contributed by atoms with E-state index in [2.05, 4.69) is 67.7 Å². The summed E-state index contributed by atoms with van der Waals surface area (Å²) < 4.78 is 6.28. The number of benzene rings is 2. The van der Waals surface area contributed by atoms with E-state index in [1.807, 2.05) is 0 Å². The molecule has 0 bridgehead atoms. The van der Waals surface area contributed by atoms with Crippen LogP contribution < -0.4 is 5.32 Å². The van der Waals surface area contributed by atoms with Crippen molar-refractivity contribution in [3.8, 4) is 0 Å². The zero-order valence-electron chi connectivity index (χ0n) is 13.5. The van der Waals surface area contributed by atoms with E-state index in [1.165, 1.54) is 28.7 Å². The smallest absolute Gasteiger partial charge is 0.0774 e. The Morgan fingerprint density at radius 2 is 1.77 bits per heavy atom. The first kappa shape index (κ1) is 15.3. The molecule has 0 saturated carbocycles. The fourth-order valence-electron chi connectivity index (χ4n) is 3.39. The van der Waals surface area contributed by atoms with E-state index in [0.29, 0.717) is 12.6 Å². The quantitative estimate of drug-likeness (QED) is 0.907. The Hall–Kier alpha value is -1.64. The van der Waals surface area contributed by atoms with Crippen LogP contribution in [0.2, 0.25) is 0 Å². The summed E-state index contributed by atoms with van der Waals surface area (Å²) >= 11 is 0. The van der Waals surface area contributed by atoms with Gasteiger partial charge in [-0.2, -0.15) is 0 Å². The van der Waals surface area contributed by atoms with E-state index in [-0.39, 0.29) is 6.10 Å². The van der Waals surface area contributed by atoms with Crippen LogP contribution in [-0.2, 0) is 11.3 Å². The first-order valence-corrected chi connectivity index (χ1v) is 8.19. The molecule has 0 aliphatic carbocycles. The summed E-state index contributed by atoms with van der Waals surface area (Å²) in [6.07, 6.45) is 2.55. The molecular formula is C20H25NO. The molecule has 116 valence electrons. The van der Waals surface area contributed by atoms with Gasteiger partial charge < -0.3 is 10.1 Å². The highest BCUT2D eigenvalue weighted by molar-refractivity contribution is 5.28. The Morgan fingerprint density at radius 3 is 2.50 bits per heavy atom. The SMILES string of the molecule is Cc1cc(C)cc(CO[C@@H]2CCCN[C@H]2c2ccccc2)c1. The van der Waals surface area contributed by atoms with Crippen molar-refractivity contribution in [2.75, 3.05) is 6.54 Å². The van der Waals surface area contributed by atoms with E-state index in [4.69, 9.17) is 4.74 Å². The summed E-state index contributed by atoms with van der Waals surface area (Å²) in [5.74, 6) is 0. The Bertz CT molecular complexity index is 588. The third-order valence-electron chi connectivity index (χ3n) is 4.31. The van der Waals surface area contributed by atoms with Crippen molar-refractivity contribution >= 4 is 0 Å². The second-order valence-electron chi connectivity index (χ2n) is 6.33. The Kier molecular flexibility index (Phi) is 4.91. The topological polar surface area (TPSA) is 21.3 Å². The van der Waals surface area contributed by atoms with E-state index >= 15 is 0 Å². The van der Waals surface area contributed by atoms with Gasteiger partial charge in [0.15, 0.2) is 0 Å². The van der Waals surface area contributed by atoms with Crippen LogP contribution in [-0.4, -0.2) is 12.6 Å². The number of rotatable bonds is 4. The maximum absolute atomic E-state index is 6.28. The zero-order chi connectivity index (χ0) is 15.4. The van der Waals surface area contributed by atoms with Crippen molar-refractivity contribution in [2.45, 2.75) is 45.4 Å². The van der Waals surface area contributed by atoms with Gasteiger partial charge in [-0.15, -0.1) is 0 Å². The number of aryl methyl sites for hydroxylation is 2. The minimum absolute atomic E-state index is 0.247. The van der Waals surface area contributed by atoms with Crippen molar-refractivity contribution in [3.63, 3.8) is 0 Å². The number of hydrogen-bond donors (Lipinski definition) is 1. The van der Waals surface area contributed by atoms with Gasteiger partial charge in [0.05, 0.1) is 18.8 Å². The van der Waals surface area contributed by atoms with Gasteiger partial charge in [0.1, 0.15) is 0 Å². The summed E-state index contributed by atoms with van der Waals surface area (Å²) in [6, 6.07) is 17.6. The summed E-state index contributed by atoms with van der Waals surface area (Å²) in [7, 11) is 0. The maximum Gasteiger partial charge on any atom is 0.0774 e. The molecule has 22 heavy (non-hydrogen) atoms. The molecule has 0 aromatic heterocycles. The second-order valence-corrected chi connectivity index (χ2v) is 6.33. The molecule has 1 N–H and O–H groups in total. The van der Waals surface area contributed by atoms with Crippen LogP contribution in [0.15, 0.2) is 48.5 Å². The minimum atomic E-state index is 0.247. The van der Waals surface area contributed by atoms with Gasteiger partial charge >= 0.3 is 0 Å². The Labute approximate surface area is 133 Å². The summed E-state index contributed by atoms with van der Waals surface area (Å²) in [5.41, 5.74) is 5.21. The van der Waals surface area contributed by atoms with E-state index in [0.717, 1.165) is 13.0 Å². The van der Waals surface area contributed by atoms with Gasteiger partial charge in [-0.25, -0.2) is 0 Å². The van der Waals surface area contributed by atoms with E-state index < -0.39 is 0 Å². The van der Waals surface area contributed by atoms with Crippen molar-refractivity contribution in [1.82, 2.24) is 5.32 Å². The standard InChI is InChI=1S/C20H25NO/c1-15-11-16(2)13-17(12-15)14-22-19-9-6-10-21-20(19)18-7-4-3-5-8-18/h3-5,7-8,11-13,19-21H,6,9-10,14H2,1-2H3/t19-,20+/m1/s1. The van der Waals surface area contributed by atoms with Crippen molar-refractivity contribution < 1.29 is 4.74 Å². The van der Waals surface area contributed by atoms with Crippen LogP contribution in [0.25, 0.3) is 0 Å². The van der Waals surface area contributed by atoms with Crippen LogP contribution in [0.5, 0.6) is 0 Å². The number of nitrogens with one attached hydrogen (secondary N) is 1. The van der Waals surface area contributed by atoms with Crippen LogP contribution in [0.4, 0.5) is 0 Å². The molecule has 1 heterocycles. The molecular weight excluding hydrogens is 270 g/mol. The Morgan fingerprint density at radius 1 is 1.05 bits per heavy atom. The van der Waals surface area contributed by atoms with E-state index in [9.17, 15) is 0 Å². The zero-order valence-corrected chi connectivity index (χ0v) is 13.5. The lowest BCUT2D eigenvalue weighted by atomic mass is 9.94. The molecule has 0 radical (unpaired) electrons. The fourth-order valence-corrected chi connectivity index (χ4v) is 3.39. The molecule has 0 amide bonds. The average molecular weight is 295 g/mol. The molecule has 2 aromatic rings. The molecule has 3 rings (SSSR count). The number of ether oxygens (including phenoxy) is 1. The summed E-state index contributed by atoms with van der Waals surface area (Å²) in [4.78, 5) is 0. The minimum Gasteiger partial charge on any atom is -0.372 e. The lowest BCUT2D eigenvalue weighted by molar-refractivity contribution is -0.00360. The average Bonchev–Trinajstić information content (AvgIpc) is 2.53. The van der Waals surface area contributed by atoms with Crippen molar-refractivity contribution in [1.29, 1.82) is 0 Å². The molecule has 1 saturated heterocycles. The first-order chi connectivity index (χ1) is 10.7. The van der Waals surface area contributed by atoms with Gasteiger partial charge in [0.2, 0.25) is 0 Å². The molecule has 1 aliphatic rings. The Balaban J connectivity index is 1.69. The van der Waals surface area contributed by atoms with Gasteiger partial charge in [-0.05, 0) is 44.4 Å². The monoisotopic (exact) mass is 295 g/mol. The molecule has 2 aromatic carbocycles. The predicted molar refractivity (Wildman–Crippen MR) is 90.9 cm³/mol. The van der Waals surface area contributed by atoms with Crippen LogP contribution >= 0.6 is 0 Å². The molecule has 2 heteroatoms. The molecule has 2 atom stereocenters. The fraction of sp³-hybridized carbons (Fsp3) is 0.400. The molecule has 2 nitrogen and oxygen atoms in total. The van der Waals surface area contributed by atoms with Crippen molar-refractivity contribution in [2.24, 2.45) is 0 Å². The predicted octanol–water partition coefficient (Wildman–Crippen LogP) is 4.31. The number of hydrogen-bond acceptors (Lipinski definition) is 2. The summed E-state index contributed by atoms with van der Waals surface area (Å²) in [6.45, 7) is 6.05. The number of piperidine rings is 1. The highest BCUT2D eigenvalue weighted by Crippen LogP contribution is 2.27. The van der Waals surface area contributed by atoms with Crippen LogP contribution in [0.1, 0.15) is 41.1 Å². The molecule has 1 aliphatic heterocycles. The van der Waals surface area contributed by atoms with E-state index in [1.54, 1.807) is 0 Å². The highest BCUT2D eigenvalue weighted by Gasteiger charge is 2.26. The second kappa shape index (κ2) is 7.08. The van der Waals surface area contributed by atoms with Gasteiger partial charge in [-0.3, -0.25) is 0 Å². The molecule has 0 unspecified atom stereocenters. The highest BCUT2D eigenvalue weighted by atomic mass is 16.5. The normalized spacial score (nSPS) is 21.7. The molecule has 1 fully saturated rings. The third-order valence-corrected chi connectivity index (χ3v) is 4.31. The lowest BCUT2D eigenvalue weighted by Crippen LogP contribution is -2.39.